The molecule has 1 heterocycles. The van der Waals surface area contributed by atoms with Crippen molar-refractivity contribution in [2.24, 2.45) is 0 Å². The zero-order valence-corrected chi connectivity index (χ0v) is 14.1. The number of hydrogen-bond donors (Lipinski definition) is 4. The second kappa shape index (κ2) is 7.63. The van der Waals surface area contributed by atoms with Crippen LogP contribution in [0, 0.1) is 15.5 Å². The standard InChI is InChI=1S/C19H16N4O4/c20-19(22-25)17-10-13(8-12-4-6-21-7-5-12)9-16(18(17)24)14-2-1-3-15(11-14)23(26)27/h1-7,9-11,24-25H,8H2,(H2,20,22). The number of amidine groups is 1. The summed E-state index contributed by atoms with van der Waals surface area (Å²) >= 11 is 0. The van der Waals surface area contributed by atoms with Crippen LogP contribution in [0.4, 0.5) is 5.69 Å². The van der Waals surface area contributed by atoms with Crippen molar-refractivity contribution in [1.29, 1.82) is 5.41 Å². The van der Waals surface area contributed by atoms with Gasteiger partial charge in [0.2, 0.25) is 0 Å². The maximum Gasteiger partial charge on any atom is 0.270 e. The third-order valence-corrected chi connectivity index (χ3v) is 4.08. The molecule has 8 nitrogen and oxygen atoms in total. The molecule has 4 N–H and O–H groups in total. The number of hydroxylamine groups is 1. The van der Waals surface area contributed by atoms with Crippen molar-refractivity contribution in [2.75, 3.05) is 0 Å². The van der Waals surface area contributed by atoms with Crippen LogP contribution in [0.1, 0.15) is 16.7 Å². The maximum absolute atomic E-state index is 11.1. The van der Waals surface area contributed by atoms with Gasteiger partial charge in [-0.05, 0) is 47.4 Å². The number of nitrogens with zero attached hydrogens (tertiary/aromatic N) is 2. The van der Waals surface area contributed by atoms with Gasteiger partial charge in [0.05, 0.1) is 10.5 Å². The van der Waals surface area contributed by atoms with E-state index in [-0.39, 0.29) is 22.8 Å². The van der Waals surface area contributed by atoms with Gasteiger partial charge in [0.1, 0.15) is 5.75 Å². The zero-order valence-electron chi connectivity index (χ0n) is 14.1. The lowest BCUT2D eigenvalue weighted by Crippen LogP contribution is -2.19. The molecule has 136 valence electrons. The first-order valence-electron chi connectivity index (χ1n) is 7.98. The minimum atomic E-state index is -0.514. The van der Waals surface area contributed by atoms with Crippen LogP contribution in [-0.2, 0) is 6.42 Å². The van der Waals surface area contributed by atoms with Crippen LogP contribution in [0.15, 0.2) is 60.9 Å². The van der Waals surface area contributed by atoms with E-state index in [1.807, 2.05) is 12.1 Å². The van der Waals surface area contributed by atoms with Crippen LogP contribution in [0.2, 0.25) is 0 Å². The predicted molar refractivity (Wildman–Crippen MR) is 99.0 cm³/mol. The number of nitro groups is 1. The molecule has 0 fully saturated rings. The number of phenols is 1. The molecule has 0 aliphatic rings. The fraction of sp³-hybridized carbons (Fsp3) is 0.0526. The molecular weight excluding hydrogens is 348 g/mol. The first-order valence-corrected chi connectivity index (χ1v) is 7.98. The Balaban J connectivity index is 2.14. The fourth-order valence-electron chi connectivity index (χ4n) is 2.79. The summed E-state index contributed by atoms with van der Waals surface area (Å²) in [6, 6.07) is 12.9. The summed E-state index contributed by atoms with van der Waals surface area (Å²) in [5.41, 5.74) is 4.20. The normalized spacial score (nSPS) is 10.4. The molecule has 0 saturated heterocycles. The van der Waals surface area contributed by atoms with E-state index in [0.717, 1.165) is 11.1 Å². The molecule has 1 aromatic heterocycles. The van der Waals surface area contributed by atoms with Gasteiger partial charge in [-0.25, -0.2) is 0 Å². The molecule has 2 aromatic carbocycles. The lowest BCUT2D eigenvalue weighted by molar-refractivity contribution is -0.384. The third-order valence-electron chi connectivity index (χ3n) is 4.08. The van der Waals surface area contributed by atoms with E-state index in [0.29, 0.717) is 17.5 Å². The number of phenolic OH excluding ortho intramolecular Hbond substituents is 1. The first kappa shape index (κ1) is 18.0. The number of rotatable bonds is 5. The number of non-ortho nitro benzene ring substituents is 1. The Labute approximate surface area is 154 Å². The number of aromatic nitrogens is 1. The van der Waals surface area contributed by atoms with Crippen molar-refractivity contribution in [3.8, 4) is 16.9 Å². The van der Waals surface area contributed by atoms with Gasteiger partial charge in [0.25, 0.3) is 5.69 Å². The van der Waals surface area contributed by atoms with Crippen LogP contribution >= 0.6 is 0 Å². The Morgan fingerprint density at radius 1 is 1.15 bits per heavy atom. The minimum absolute atomic E-state index is 0.0885. The minimum Gasteiger partial charge on any atom is -0.507 e. The van der Waals surface area contributed by atoms with E-state index < -0.39 is 4.92 Å². The van der Waals surface area contributed by atoms with E-state index in [1.165, 1.54) is 18.2 Å². The molecule has 0 radical (unpaired) electrons. The van der Waals surface area contributed by atoms with Gasteiger partial charge in [-0.15, -0.1) is 0 Å². The highest BCUT2D eigenvalue weighted by Crippen LogP contribution is 2.35. The summed E-state index contributed by atoms with van der Waals surface area (Å²) in [6.07, 6.45) is 3.82. The van der Waals surface area contributed by atoms with E-state index in [9.17, 15) is 15.2 Å². The number of benzene rings is 2. The number of hydrogen-bond acceptors (Lipinski definition) is 6. The molecule has 8 heteroatoms. The second-order valence-corrected chi connectivity index (χ2v) is 5.87. The number of nitrogens with one attached hydrogen (secondary N) is 2. The molecule has 0 spiro atoms. The van der Waals surface area contributed by atoms with Crippen molar-refractivity contribution in [3.63, 3.8) is 0 Å². The number of pyridine rings is 1. The lowest BCUT2D eigenvalue weighted by Gasteiger charge is -2.14. The van der Waals surface area contributed by atoms with Crippen LogP contribution in [0.5, 0.6) is 5.75 Å². The predicted octanol–water partition coefficient (Wildman–Crippen LogP) is 3.26. The molecule has 3 aromatic rings. The Morgan fingerprint density at radius 3 is 2.56 bits per heavy atom. The molecule has 0 aliphatic heterocycles. The Kier molecular flexibility index (Phi) is 5.09. The SMILES string of the molecule is N=C(NO)c1cc(Cc2ccncc2)cc(-c2cccc([N+](=O)[O-])c2)c1O. The molecule has 0 atom stereocenters. The number of aromatic hydroxyl groups is 1. The van der Waals surface area contributed by atoms with Crippen molar-refractivity contribution in [2.45, 2.75) is 6.42 Å². The molecule has 0 amide bonds. The smallest absolute Gasteiger partial charge is 0.270 e. The fourth-order valence-corrected chi connectivity index (χ4v) is 2.79. The van der Waals surface area contributed by atoms with E-state index in [2.05, 4.69) is 4.98 Å². The van der Waals surface area contributed by atoms with E-state index >= 15 is 0 Å². The van der Waals surface area contributed by atoms with Gasteiger partial charge < -0.3 is 5.11 Å². The highest BCUT2D eigenvalue weighted by molar-refractivity contribution is 6.00. The zero-order chi connectivity index (χ0) is 19.4. The largest absolute Gasteiger partial charge is 0.507 e. The molecule has 0 bridgehead atoms. The van der Waals surface area contributed by atoms with Crippen molar-refractivity contribution in [3.05, 3.63) is 87.7 Å². The van der Waals surface area contributed by atoms with Gasteiger partial charge in [0.15, 0.2) is 5.84 Å². The van der Waals surface area contributed by atoms with Crippen LogP contribution in [0.3, 0.4) is 0 Å². The van der Waals surface area contributed by atoms with Gasteiger partial charge >= 0.3 is 0 Å². The van der Waals surface area contributed by atoms with Gasteiger partial charge in [-0.1, -0.05) is 12.1 Å². The average molecular weight is 364 g/mol. The van der Waals surface area contributed by atoms with Crippen molar-refractivity contribution in [1.82, 2.24) is 10.5 Å². The Morgan fingerprint density at radius 2 is 1.89 bits per heavy atom. The highest BCUT2D eigenvalue weighted by atomic mass is 16.6. The summed E-state index contributed by atoms with van der Waals surface area (Å²) in [7, 11) is 0. The summed E-state index contributed by atoms with van der Waals surface area (Å²) in [6.45, 7) is 0. The van der Waals surface area contributed by atoms with Crippen LogP contribution in [-0.4, -0.2) is 26.1 Å². The van der Waals surface area contributed by atoms with Crippen molar-refractivity contribution >= 4 is 11.5 Å². The molecular formula is C19H16N4O4. The molecule has 0 saturated carbocycles. The summed E-state index contributed by atoms with van der Waals surface area (Å²) < 4.78 is 0. The summed E-state index contributed by atoms with van der Waals surface area (Å²) in [4.78, 5) is 14.5. The van der Waals surface area contributed by atoms with Crippen LogP contribution < -0.4 is 5.48 Å². The summed E-state index contributed by atoms with van der Waals surface area (Å²) in [5.74, 6) is -0.628. The first-order chi connectivity index (χ1) is 13.0. The second-order valence-electron chi connectivity index (χ2n) is 5.87. The molecule has 27 heavy (non-hydrogen) atoms. The monoisotopic (exact) mass is 364 g/mol. The quantitative estimate of drug-likeness (QED) is 0.238. The Hall–Kier alpha value is -3.78. The molecule has 3 rings (SSSR count). The van der Waals surface area contributed by atoms with Gasteiger partial charge in [0, 0.05) is 30.1 Å². The number of nitro benzene ring substituents is 1. The highest BCUT2D eigenvalue weighted by Gasteiger charge is 2.17. The maximum atomic E-state index is 11.1. The molecule has 0 unspecified atom stereocenters. The summed E-state index contributed by atoms with van der Waals surface area (Å²) in [5, 5.41) is 38.6. The topological polar surface area (TPSA) is 132 Å². The van der Waals surface area contributed by atoms with Crippen molar-refractivity contribution < 1.29 is 15.2 Å². The van der Waals surface area contributed by atoms with Gasteiger partial charge in [-0.3, -0.25) is 31.2 Å². The lowest BCUT2D eigenvalue weighted by atomic mass is 9.94. The van der Waals surface area contributed by atoms with E-state index in [4.69, 9.17) is 10.6 Å². The average Bonchev–Trinajstić information content (AvgIpc) is 2.69. The van der Waals surface area contributed by atoms with E-state index in [1.54, 1.807) is 36.1 Å². The third kappa shape index (κ3) is 3.91. The van der Waals surface area contributed by atoms with Crippen LogP contribution in [0.25, 0.3) is 11.1 Å². The van der Waals surface area contributed by atoms with Gasteiger partial charge in [-0.2, -0.15) is 0 Å². The Bertz CT molecular complexity index is 1010. The molecule has 0 aliphatic carbocycles.